The molecule has 0 unspecified atom stereocenters. The van der Waals surface area contributed by atoms with Gasteiger partial charge in [-0.15, -0.1) is 12.4 Å². The van der Waals surface area contributed by atoms with E-state index in [2.05, 4.69) is 10.4 Å². The van der Waals surface area contributed by atoms with Crippen LogP contribution in [0.25, 0.3) is 0 Å². The van der Waals surface area contributed by atoms with Gasteiger partial charge in [0.25, 0.3) is 0 Å². The lowest BCUT2D eigenvalue weighted by molar-refractivity contribution is 0.0511. The van der Waals surface area contributed by atoms with Crippen molar-refractivity contribution in [3.05, 3.63) is 17.5 Å². The molecule has 1 amide bonds. The third kappa shape index (κ3) is 4.85. The molecule has 2 aliphatic rings. The second kappa shape index (κ2) is 8.53. The molecule has 0 bridgehead atoms. The van der Waals surface area contributed by atoms with Crippen LogP contribution in [-0.4, -0.2) is 64.1 Å². The number of hydrogen-bond acceptors (Lipinski definition) is 5. The average molecular weight is 373 g/mol. The van der Waals surface area contributed by atoms with Crippen LogP contribution >= 0.6 is 12.4 Å². The summed E-state index contributed by atoms with van der Waals surface area (Å²) < 4.78 is 6.84. The van der Waals surface area contributed by atoms with Gasteiger partial charge in [0.15, 0.2) is 0 Å². The molecule has 2 heterocycles. The summed E-state index contributed by atoms with van der Waals surface area (Å²) in [5.74, 6) is 0.121. The molecule has 1 aliphatic heterocycles. The molecule has 1 saturated carbocycles. The van der Waals surface area contributed by atoms with Crippen LogP contribution in [-0.2, 0) is 11.3 Å². The maximum absolute atomic E-state index is 12.1. The first kappa shape index (κ1) is 19.5. The van der Waals surface area contributed by atoms with Crippen LogP contribution in [0.15, 0.2) is 6.07 Å². The number of halogens is 1. The predicted molar refractivity (Wildman–Crippen MR) is 93.4 cm³/mol. The highest BCUT2D eigenvalue weighted by Crippen LogP contribution is 2.39. The first-order chi connectivity index (χ1) is 11.6. The number of aryl methyl sites for hydroxylation is 1. The van der Waals surface area contributed by atoms with Gasteiger partial charge in [0.2, 0.25) is 0 Å². The number of carboxylic acid groups (broad SMARTS) is 1. The Hall–Kier alpha value is -1.80. The Morgan fingerprint density at radius 3 is 2.84 bits per heavy atom. The van der Waals surface area contributed by atoms with Gasteiger partial charge in [-0.3, -0.25) is 4.68 Å². The zero-order chi connectivity index (χ0) is 17.1. The third-order valence-corrected chi connectivity index (χ3v) is 4.49. The molecule has 140 valence electrons. The maximum atomic E-state index is 12.1. The van der Waals surface area contributed by atoms with Gasteiger partial charge in [-0.05, 0) is 32.3 Å². The normalized spacial score (nSPS) is 20.0. The second-order valence-corrected chi connectivity index (χ2v) is 6.34. The minimum Gasteiger partial charge on any atom is -0.465 e. The summed E-state index contributed by atoms with van der Waals surface area (Å²) in [5, 5.41) is 17.0. The average Bonchev–Trinajstić information content (AvgIpc) is 3.33. The third-order valence-electron chi connectivity index (χ3n) is 4.49. The van der Waals surface area contributed by atoms with E-state index in [0.717, 1.165) is 18.5 Å². The van der Waals surface area contributed by atoms with Crippen molar-refractivity contribution in [1.82, 2.24) is 20.0 Å². The van der Waals surface area contributed by atoms with Crippen LogP contribution < -0.4 is 5.32 Å². The fourth-order valence-corrected chi connectivity index (χ4v) is 3.03. The molecule has 0 spiro atoms. The Bertz CT molecular complexity index is 617. The van der Waals surface area contributed by atoms with Crippen molar-refractivity contribution < 1.29 is 19.4 Å². The summed E-state index contributed by atoms with van der Waals surface area (Å²) in [6.45, 7) is 4.29. The second-order valence-electron chi connectivity index (χ2n) is 6.34. The number of ether oxygens (including phenoxy) is 1. The van der Waals surface area contributed by atoms with Crippen molar-refractivity contribution >= 4 is 24.5 Å². The summed E-state index contributed by atoms with van der Waals surface area (Å²) in [7, 11) is 0. The molecule has 25 heavy (non-hydrogen) atoms. The molecular weight excluding hydrogens is 348 g/mol. The van der Waals surface area contributed by atoms with Crippen LogP contribution in [0, 0.1) is 0 Å². The van der Waals surface area contributed by atoms with Gasteiger partial charge < -0.3 is 20.1 Å². The summed E-state index contributed by atoms with van der Waals surface area (Å²) in [6, 6.07) is 1.91. The van der Waals surface area contributed by atoms with E-state index in [1.807, 2.05) is 6.07 Å². The molecule has 1 atom stereocenters. The SMILES string of the molecule is CCOC(=O)c1cc(C2CC2)nn1CC[C@@H]1CN(C(=O)O)CCN1.Cl. The monoisotopic (exact) mass is 372 g/mol. The fraction of sp³-hybridized carbons (Fsp3) is 0.688. The van der Waals surface area contributed by atoms with Crippen molar-refractivity contribution in [2.75, 3.05) is 26.2 Å². The minimum absolute atomic E-state index is 0. The van der Waals surface area contributed by atoms with Crippen molar-refractivity contribution in [1.29, 1.82) is 0 Å². The zero-order valence-corrected chi connectivity index (χ0v) is 15.1. The molecular formula is C16H25ClN4O4. The molecule has 9 heteroatoms. The van der Waals surface area contributed by atoms with E-state index in [0.29, 0.717) is 50.8 Å². The molecule has 2 N–H and O–H groups in total. The zero-order valence-electron chi connectivity index (χ0n) is 14.3. The molecule has 0 aromatic carbocycles. The first-order valence-electron chi connectivity index (χ1n) is 8.54. The Morgan fingerprint density at radius 2 is 2.20 bits per heavy atom. The Morgan fingerprint density at radius 1 is 1.44 bits per heavy atom. The van der Waals surface area contributed by atoms with Crippen LogP contribution in [0.1, 0.15) is 48.3 Å². The van der Waals surface area contributed by atoms with E-state index in [9.17, 15) is 9.59 Å². The number of rotatable bonds is 6. The molecule has 2 fully saturated rings. The first-order valence-corrected chi connectivity index (χ1v) is 8.54. The van der Waals surface area contributed by atoms with Gasteiger partial charge >= 0.3 is 12.1 Å². The van der Waals surface area contributed by atoms with Crippen LogP contribution in [0.2, 0.25) is 0 Å². The van der Waals surface area contributed by atoms with Crippen LogP contribution in [0.4, 0.5) is 4.79 Å². The number of carbonyl (C=O) groups excluding carboxylic acids is 1. The highest BCUT2D eigenvalue weighted by atomic mass is 35.5. The molecule has 0 radical (unpaired) electrons. The Kier molecular flexibility index (Phi) is 6.66. The fourth-order valence-electron chi connectivity index (χ4n) is 3.03. The lowest BCUT2D eigenvalue weighted by Crippen LogP contribution is -2.52. The Labute approximate surface area is 152 Å². The van der Waals surface area contributed by atoms with E-state index in [1.165, 1.54) is 4.90 Å². The topological polar surface area (TPSA) is 96.7 Å². The van der Waals surface area contributed by atoms with Crippen LogP contribution in [0.5, 0.6) is 0 Å². The molecule has 1 saturated heterocycles. The van der Waals surface area contributed by atoms with Gasteiger partial charge in [0.1, 0.15) is 5.69 Å². The summed E-state index contributed by atoms with van der Waals surface area (Å²) in [5.41, 5.74) is 1.45. The summed E-state index contributed by atoms with van der Waals surface area (Å²) in [4.78, 5) is 24.6. The smallest absolute Gasteiger partial charge is 0.407 e. The number of piperazine rings is 1. The number of esters is 1. The number of hydrogen-bond donors (Lipinski definition) is 2. The molecule has 3 rings (SSSR count). The van der Waals surface area contributed by atoms with Gasteiger partial charge in [-0.25, -0.2) is 9.59 Å². The minimum atomic E-state index is -0.885. The number of aromatic nitrogens is 2. The molecule has 1 aromatic rings. The number of carbonyl (C=O) groups is 2. The summed E-state index contributed by atoms with van der Waals surface area (Å²) >= 11 is 0. The van der Waals surface area contributed by atoms with Gasteiger partial charge in [0, 0.05) is 38.1 Å². The highest BCUT2D eigenvalue weighted by Gasteiger charge is 2.29. The van der Waals surface area contributed by atoms with Crippen molar-refractivity contribution in [3.8, 4) is 0 Å². The van der Waals surface area contributed by atoms with Crippen molar-refractivity contribution in [2.24, 2.45) is 0 Å². The van der Waals surface area contributed by atoms with Gasteiger partial charge in [-0.1, -0.05) is 0 Å². The molecule has 8 nitrogen and oxygen atoms in total. The lowest BCUT2D eigenvalue weighted by atomic mass is 10.1. The number of nitrogens with zero attached hydrogens (tertiary/aromatic N) is 3. The highest BCUT2D eigenvalue weighted by molar-refractivity contribution is 5.87. The van der Waals surface area contributed by atoms with Crippen molar-refractivity contribution in [3.63, 3.8) is 0 Å². The van der Waals surface area contributed by atoms with E-state index in [-0.39, 0.29) is 24.4 Å². The standard InChI is InChI=1S/C16H24N4O4.ClH/c1-2-24-15(21)14-9-13(11-3-4-11)18-20(14)7-5-12-10-19(16(22)23)8-6-17-12;/h9,11-12,17H,2-8,10H2,1H3,(H,22,23);1H/t12-;/m1./s1. The number of nitrogens with one attached hydrogen (secondary N) is 1. The van der Waals surface area contributed by atoms with Gasteiger partial charge in [0.05, 0.1) is 12.3 Å². The number of amides is 1. The van der Waals surface area contributed by atoms with E-state index in [4.69, 9.17) is 9.84 Å². The largest absolute Gasteiger partial charge is 0.465 e. The van der Waals surface area contributed by atoms with E-state index >= 15 is 0 Å². The Balaban J connectivity index is 0.00000225. The lowest BCUT2D eigenvalue weighted by Gasteiger charge is -2.31. The quantitative estimate of drug-likeness (QED) is 0.738. The predicted octanol–water partition coefficient (Wildman–Crippen LogP) is 1.70. The summed E-state index contributed by atoms with van der Waals surface area (Å²) in [6.07, 6.45) is 2.07. The van der Waals surface area contributed by atoms with Crippen molar-refractivity contribution in [2.45, 2.75) is 44.7 Å². The van der Waals surface area contributed by atoms with Gasteiger partial charge in [-0.2, -0.15) is 5.10 Å². The molecule has 1 aromatic heterocycles. The maximum Gasteiger partial charge on any atom is 0.407 e. The van der Waals surface area contributed by atoms with E-state index in [1.54, 1.807) is 11.6 Å². The molecule has 1 aliphatic carbocycles. The van der Waals surface area contributed by atoms with Crippen LogP contribution in [0.3, 0.4) is 0 Å². The van der Waals surface area contributed by atoms with E-state index < -0.39 is 6.09 Å².